The van der Waals surface area contributed by atoms with Gasteiger partial charge in [-0.15, -0.1) is 0 Å². The van der Waals surface area contributed by atoms with E-state index in [2.05, 4.69) is 18.8 Å². The molecule has 96 valence electrons. The van der Waals surface area contributed by atoms with Gasteiger partial charge in [0.05, 0.1) is 33.0 Å². The molecule has 0 aromatic heterocycles. The predicted octanol–water partition coefficient (Wildman–Crippen LogP) is 1.57. The van der Waals surface area contributed by atoms with Crippen LogP contribution in [0.15, 0.2) is 12.3 Å². The molecule has 0 aliphatic heterocycles. The van der Waals surface area contributed by atoms with E-state index in [9.17, 15) is 0 Å². The molecule has 0 bridgehead atoms. The second kappa shape index (κ2) is 12.5. The fraction of sp³-hybridized carbons (Fsp3) is 0.833. The SMILES string of the molecule is C=C(CCOCCOCCOCCC)NC. The number of ether oxygens (including phenoxy) is 3. The highest BCUT2D eigenvalue weighted by Crippen LogP contribution is 1.92. The summed E-state index contributed by atoms with van der Waals surface area (Å²) in [6.07, 6.45) is 1.90. The summed E-state index contributed by atoms with van der Waals surface area (Å²) in [5, 5.41) is 2.97. The molecule has 0 aliphatic rings. The van der Waals surface area contributed by atoms with Crippen LogP contribution in [0, 0.1) is 0 Å². The van der Waals surface area contributed by atoms with E-state index >= 15 is 0 Å². The van der Waals surface area contributed by atoms with Crippen molar-refractivity contribution in [2.75, 3.05) is 46.7 Å². The monoisotopic (exact) mass is 231 g/mol. The normalized spacial score (nSPS) is 10.4. The average molecular weight is 231 g/mol. The molecule has 0 heterocycles. The highest BCUT2D eigenvalue weighted by molar-refractivity contribution is 4.88. The Balaban J connectivity index is 2.96. The molecule has 0 aliphatic carbocycles. The first-order valence-electron chi connectivity index (χ1n) is 5.90. The largest absolute Gasteiger partial charge is 0.392 e. The summed E-state index contributed by atoms with van der Waals surface area (Å²) in [5.74, 6) is 0. The van der Waals surface area contributed by atoms with E-state index < -0.39 is 0 Å². The molecule has 0 amide bonds. The van der Waals surface area contributed by atoms with Crippen molar-refractivity contribution in [3.8, 4) is 0 Å². The van der Waals surface area contributed by atoms with Crippen LogP contribution < -0.4 is 5.32 Å². The van der Waals surface area contributed by atoms with Crippen molar-refractivity contribution in [2.45, 2.75) is 19.8 Å². The van der Waals surface area contributed by atoms with Gasteiger partial charge in [0.25, 0.3) is 0 Å². The van der Waals surface area contributed by atoms with E-state index in [-0.39, 0.29) is 0 Å². The molecule has 0 fully saturated rings. The van der Waals surface area contributed by atoms with Gasteiger partial charge in [-0.1, -0.05) is 13.5 Å². The summed E-state index contributed by atoms with van der Waals surface area (Å²) in [5.41, 5.74) is 0.994. The van der Waals surface area contributed by atoms with E-state index in [1.807, 2.05) is 7.05 Å². The molecule has 0 unspecified atom stereocenters. The van der Waals surface area contributed by atoms with Crippen LogP contribution in [0.5, 0.6) is 0 Å². The van der Waals surface area contributed by atoms with Crippen LogP contribution in [0.25, 0.3) is 0 Å². The van der Waals surface area contributed by atoms with E-state index in [4.69, 9.17) is 14.2 Å². The van der Waals surface area contributed by atoms with Crippen molar-refractivity contribution in [3.63, 3.8) is 0 Å². The van der Waals surface area contributed by atoms with Crippen LogP contribution in [-0.4, -0.2) is 46.7 Å². The Kier molecular flexibility index (Phi) is 12.0. The average Bonchev–Trinajstić information content (AvgIpc) is 2.31. The van der Waals surface area contributed by atoms with Crippen LogP contribution in [0.2, 0.25) is 0 Å². The summed E-state index contributed by atoms with van der Waals surface area (Å²) in [6.45, 7) is 9.98. The molecule has 1 N–H and O–H groups in total. The Morgan fingerprint density at radius 3 is 1.94 bits per heavy atom. The third-order valence-corrected chi connectivity index (χ3v) is 1.99. The fourth-order valence-corrected chi connectivity index (χ4v) is 1.01. The van der Waals surface area contributed by atoms with Crippen molar-refractivity contribution in [3.05, 3.63) is 12.3 Å². The molecule has 0 saturated heterocycles. The standard InChI is InChI=1S/C12H25NO3/c1-4-6-14-8-10-16-11-9-15-7-5-12(2)13-3/h13H,2,4-11H2,1,3H3. The Bertz CT molecular complexity index is 162. The predicted molar refractivity (Wildman–Crippen MR) is 65.6 cm³/mol. The lowest BCUT2D eigenvalue weighted by molar-refractivity contribution is 0.0151. The van der Waals surface area contributed by atoms with Gasteiger partial charge >= 0.3 is 0 Å². The molecule has 0 saturated carbocycles. The zero-order valence-corrected chi connectivity index (χ0v) is 10.6. The first-order valence-corrected chi connectivity index (χ1v) is 5.90. The van der Waals surface area contributed by atoms with E-state index in [1.165, 1.54) is 0 Å². The van der Waals surface area contributed by atoms with E-state index in [0.29, 0.717) is 33.0 Å². The minimum Gasteiger partial charge on any atom is -0.392 e. The maximum atomic E-state index is 5.37. The molecule has 0 atom stereocenters. The number of hydrogen-bond donors (Lipinski definition) is 1. The van der Waals surface area contributed by atoms with Crippen molar-refractivity contribution in [1.29, 1.82) is 0 Å². The molecule has 0 rings (SSSR count). The van der Waals surface area contributed by atoms with Crippen molar-refractivity contribution >= 4 is 0 Å². The Morgan fingerprint density at radius 1 is 0.938 bits per heavy atom. The van der Waals surface area contributed by atoms with Gasteiger partial charge in [-0.25, -0.2) is 0 Å². The zero-order valence-electron chi connectivity index (χ0n) is 10.6. The molecule has 0 radical (unpaired) electrons. The van der Waals surface area contributed by atoms with E-state index in [1.54, 1.807) is 0 Å². The molecule has 0 aromatic carbocycles. The summed E-state index contributed by atoms with van der Waals surface area (Å²) >= 11 is 0. The minimum atomic E-state index is 0.627. The van der Waals surface area contributed by atoms with Crippen molar-refractivity contribution in [2.24, 2.45) is 0 Å². The highest BCUT2D eigenvalue weighted by Gasteiger charge is 1.92. The van der Waals surface area contributed by atoms with Gasteiger partial charge in [-0.05, 0) is 6.42 Å². The fourth-order valence-electron chi connectivity index (χ4n) is 1.01. The van der Waals surface area contributed by atoms with Crippen LogP contribution in [0.1, 0.15) is 19.8 Å². The smallest absolute Gasteiger partial charge is 0.0701 e. The maximum Gasteiger partial charge on any atom is 0.0701 e. The van der Waals surface area contributed by atoms with Crippen LogP contribution in [-0.2, 0) is 14.2 Å². The van der Waals surface area contributed by atoms with Crippen molar-refractivity contribution < 1.29 is 14.2 Å². The molecular formula is C12H25NO3. The zero-order chi connectivity index (χ0) is 12.1. The number of nitrogens with one attached hydrogen (secondary N) is 1. The van der Waals surface area contributed by atoms with E-state index in [0.717, 1.165) is 25.1 Å². The summed E-state index contributed by atoms with van der Waals surface area (Å²) in [4.78, 5) is 0. The third-order valence-electron chi connectivity index (χ3n) is 1.99. The van der Waals surface area contributed by atoms with Gasteiger partial charge in [0.15, 0.2) is 0 Å². The second-order valence-electron chi connectivity index (χ2n) is 3.44. The first kappa shape index (κ1) is 15.4. The maximum absolute atomic E-state index is 5.37. The molecule has 16 heavy (non-hydrogen) atoms. The summed E-state index contributed by atoms with van der Waals surface area (Å²) in [6, 6.07) is 0. The number of hydrogen-bond acceptors (Lipinski definition) is 4. The highest BCUT2D eigenvalue weighted by atomic mass is 16.5. The topological polar surface area (TPSA) is 39.7 Å². The van der Waals surface area contributed by atoms with Crippen molar-refractivity contribution in [1.82, 2.24) is 5.32 Å². The van der Waals surface area contributed by atoms with Crippen LogP contribution >= 0.6 is 0 Å². The molecule has 0 spiro atoms. The Hall–Kier alpha value is -0.580. The van der Waals surface area contributed by atoms with Gasteiger partial charge in [0.1, 0.15) is 0 Å². The summed E-state index contributed by atoms with van der Waals surface area (Å²) in [7, 11) is 1.86. The molecular weight excluding hydrogens is 206 g/mol. The second-order valence-corrected chi connectivity index (χ2v) is 3.44. The Labute approximate surface area is 99.0 Å². The summed E-state index contributed by atoms with van der Waals surface area (Å²) < 4.78 is 16.0. The van der Waals surface area contributed by atoms with Gasteiger partial charge in [0, 0.05) is 25.8 Å². The molecule has 0 aromatic rings. The lowest BCUT2D eigenvalue weighted by Crippen LogP contribution is -2.11. The minimum absolute atomic E-state index is 0.627. The van der Waals surface area contributed by atoms with Gasteiger partial charge in [-0.3, -0.25) is 0 Å². The number of rotatable bonds is 12. The first-order chi connectivity index (χ1) is 7.81. The van der Waals surface area contributed by atoms with Gasteiger partial charge < -0.3 is 19.5 Å². The van der Waals surface area contributed by atoms with Gasteiger partial charge in [-0.2, -0.15) is 0 Å². The molecule has 4 nitrogen and oxygen atoms in total. The van der Waals surface area contributed by atoms with Gasteiger partial charge in [0.2, 0.25) is 0 Å². The van der Waals surface area contributed by atoms with Crippen LogP contribution in [0.4, 0.5) is 0 Å². The molecule has 4 heteroatoms. The Morgan fingerprint density at radius 2 is 1.44 bits per heavy atom. The quantitative estimate of drug-likeness (QED) is 0.518. The lowest BCUT2D eigenvalue weighted by atomic mass is 10.4. The van der Waals surface area contributed by atoms with Crippen LogP contribution in [0.3, 0.4) is 0 Å². The third kappa shape index (κ3) is 11.5. The lowest BCUT2D eigenvalue weighted by Gasteiger charge is -2.07.